The van der Waals surface area contributed by atoms with Crippen molar-refractivity contribution in [3.63, 3.8) is 0 Å². The quantitative estimate of drug-likeness (QED) is 0.883. The number of amides is 1. The van der Waals surface area contributed by atoms with E-state index in [2.05, 4.69) is 10.3 Å². The zero-order chi connectivity index (χ0) is 13.8. The molecule has 2 aromatic rings. The molecule has 1 amide bonds. The normalized spacial score (nSPS) is 14.2. The summed E-state index contributed by atoms with van der Waals surface area (Å²) in [6, 6.07) is 9.71. The average molecular weight is 286 g/mol. The number of anilines is 1. The first-order valence-electron chi connectivity index (χ1n) is 6.42. The maximum atomic E-state index is 11.8. The lowest BCUT2D eigenvalue weighted by atomic mass is 10.2. The Labute approximate surface area is 121 Å². The highest BCUT2D eigenvalue weighted by Crippen LogP contribution is 2.26. The van der Waals surface area contributed by atoms with Gasteiger partial charge in [-0.3, -0.25) is 10.1 Å². The number of carbonyl (C=O) groups is 1. The molecular formula is C15H14N2O2S. The highest BCUT2D eigenvalue weighted by atomic mass is 32.1. The van der Waals surface area contributed by atoms with Crippen LogP contribution in [0.4, 0.5) is 5.13 Å². The Morgan fingerprint density at radius 3 is 3.00 bits per heavy atom. The molecule has 5 heteroatoms. The van der Waals surface area contributed by atoms with E-state index in [0.29, 0.717) is 18.3 Å². The largest absolute Gasteiger partial charge is 0.375 e. The standard InChI is InChI=1S/C15H14N2O2S/c18-14(7-6-11-4-2-1-3-5-11)17-15-16-12-8-9-19-10-13(12)20-15/h1-7H,8-10H2,(H,16,17,18). The maximum absolute atomic E-state index is 11.8. The summed E-state index contributed by atoms with van der Waals surface area (Å²) in [4.78, 5) is 17.4. The van der Waals surface area contributed by atoms with Gasteiger partial charge >= 0.3 is 0 Å². The lowest BCUT2D eigenvalue weighted by Gasteiger charge is -2.08. The van der Waals surface area contributed by atoms with Gasteiger partial charge in [0.05, 0.1) is 23.8 Å². The van der Waals surface area contributed by atoms with Crippen molar-refractivity contribution < 1.29 is 9.53 Å². The van der Waals surface area contributed by atoms with E-state index in [9.17, 15) is 4.79 Å². The number of nitrogens with zero attached hydrogens (tertiary/aromatic N) is 1. The van der Waals surface area contributed by atoms with Crippen LogP contribution in [0.1, 0.15) is 16.1 Å². The number of carbonyl (C=O) groups excluding carboxylic acids is 1. The number of thiazole rings is 1. The minimum absolute atomic E-state index is 0.166. The highest BCUT2D eigenvalue weighted by Gasteiger charge is 2.15. The molecule has 4 nitrogen and oxygen atoms in total. The van der Waals surface area contributed by atoms with Crippen LogP contribution in [0.5, 0.6) is 0 Å². The Kier molecular flexibility index (Phi) is 3.90. The molecule has 1 aromatic heterocycles. The van der Waals surface area contributed by atoms with E-state index in [1.807, 2.05) is 30.3 Å². The number of benzene rings is 1. The van der Waals surface area contributed by atoms with Gasteiger partial charge in [0.2, 0.25) is 5.91 Å². The molecule has 0 atom stereocenters. The van der Waals surface area contributed by atoms with Crippen LogP contribution in [-0.2, 0) is 22.6 Å². The van der Waals surface area contributed by atoms with Gasteiger partial charge in [0.15, 0.2) is 5.13 Å². The van der Waals surface area contributed by atoms with Crippen molar-refractivity contribution in [3.8, 4) is 0 Å². The highest BCUT2D eigenvalue weighted by molar-refractivity contribution is 7.15. The third kappa shape index (κ3) is 3.12. The van der Waals surface area contributed by atoms with Crippen LogP contribution in [0, 0.1) is 0 Å². The summed E-state index contributed by atoms with van der Waals surface area (Å²) in [7, 11) is 0. The molecule has 20 heavy (non-hydrogen) atoms. The summed E-state index contributed by atoms with van der Waals surface area (Å²) >= 11 is 1.48. The van der Waals surface area contributed by atoms with E-state index >= 15 is 0 Å². The minimum Gasteiger partial charge on any atom is -0.375 e. The van der Waals surface area contributed by atoms with Crippen molar-refractivity contribution in [1.82, 2.24) is 4.98 Å². The maximum Gasteiger partial charge on any atom is 0.250 e. The first-order valence-corrected chi connectivity index (χ1v) is 7.23. The summed E-state index contributed by atoms with van der Waals surface area (Å²) in [5, 5.41) is 3.44. The van der Waals surface area contributed by atoms with Gasteiger partial charge in [0, 0.05) is 12.5 Å². The van der Waals surface area contributed by atoms with Gasteiger partial charge in [-0.1, -0.05) is 41.7 Å². The molecule has 0 unspecified atom stereocenters. The molecule has 0 saturated carbocycles. The Balaban J connectivity index is 1.64. The lowest BCUT2D eigenvalue weighted by Crippen LogP contribution is -2.09. The van der Waals surface area contributed by atoms with Crippen LogP contribution < -0.4 is 5.32 Å². The number of rotatable bonds is 3. The topological polar surface area (TPSA) is 51.2 Å². The molecule has 1 aliphatic rings. The summed E-state index contributed by atoms with van der Waals surface area (Å²) in [5.41, 5.74) is 2.04. The van der Waals surface area contributed by atoms with E-state index in [1.54, 1.807) is 6.08 Å². The molecule has 0 spiro atoms. The summed E-state index contributed by atoms with van der Waals surface area (Å²) in [6.45, 7) is 1.31. The summed E-state index contributed by atoms with van der Waals surface area (Å²) in [5.74, 6) is -0.166. The monoisotopic (exact) mass is 286 g/mol. The van der Waals surface area contributed by atoms with Crippen LogP contribution >= 0.6 is 11.3 Å². The Hall–Kier alpha value is -1.98. The zero-order valence-electron chi connectivity index (χ0n) is 10.8. The summed E-state index contributed by atoms with van der Waals surface area (Å²) < 4.78 is 5.36. The van der Waals surface area contributed by atoms with Gasteiger partial charge in [-0.2, -0.15) is 0 Å². The second-order valence-corrected chi connectivity index (χ2v) is 5.51. The van der Waals surface area contributed by atoms with Crippen LogP contribution in [0.2, 0.25) is 0 Å². The number of ether oxygens (including phenoxy) is 1. The number of aromatic nitrogens is 1. The fourth-order valence-electron chi connectivity index (χ4n) is 1.96. The molecule has 2 heterocycles. The van der Waals surface area contributed by atoms with Crippen LogP contribution in [0.3, 0.4) is 0 Å². The van der Waals surface area contributed by atoms with E-state index in [0.717, 1.165) is 22.6 Å². The minimum atomic E-state index is -0.166. The third-order valence-electron chi connectivity index (χ3n) is 2.95. The molecular weight excluding hydrogens is 272 g/mol. The first-order chi connectivity index (χ1) is 9.81. The van der Waals surface area contributed by atoms with Crippen LogP contribution in [0.15, 0.2) is 36.4 Å². The van der Waals surface area contributed by atoms with Crippen molar-refractivity contribution in [2.24, 2.45) is 0 Å². The fourth-order valence-corrected chi connectivity index (χ4v) is 2.91. The Morgan fingerprint density at radius 2 is 2.20 bits per heavy atom. The predicted octanol–water partition coefficient (Wildman–Crippen LogP) is 2.87. The van der Waals surface area contributed by atoms with Crippen LogP contribution in [0.25, 0.3) is 6.08 Å². The van der Waals surface area contributed by atoms with Gasteiger partial charge in [0.1, 0.15) is 0 Å². The molecule has 0 saturated heterocycles. The number of hydrogen-bond acceptors (Lipinski definition) is 4. The number of nitrogens with one attached hydrogen (secondary N) is 1. The second-order valence-electron chi connectivity index (χ2n) is 4.42. The van der Waals surface area contributed by atoms with E-state index in [-0.39, 0.29) is 5.91 Å². The van der Waals surface area contributed by atoms with Crippen molar-refractivity contribution in [3.05, 3.63) is 52.5 Å². The Bertz CT molecular complexity index is 611. The van der Waals surface area contributed by atoms with Gasteiger partial charge in [-0.25, -0.2) is 4.98 Å². The molecule has 1 aromatic carbocycles. The van der Waals surface area contributed by atoms with Gasteiger partial charge in [0.25, 0.3) is 0 Å². The molecule has 0 aliphatic carbocycles. The fraction of sp³-hybridized carbons (Fsp3) is 0.200. The molecule has 0 radical (unpaired) electrons. The van der Waals surface area contributed by atoms with Crippen molar-refractivity contribution >= 4 is 28.5 Å². The zero-order valence-corrected chi connectivity index (χ0v) is 11.7. The molecule has 3 rings (SSSR count). The first kappa shape index (κ1) is 13.0. The predicted molar refractivity (Wildman–Crippen MR) is 79.6 cm³/mol. The van der Waals surface area contributed by atoms with Gasteiger partial charge < -0.3 is 4.74 Å². The average Bonchev–Trinajstić information content (AvgIpc) is 2.88. The number of fused-ring (bicyclic) bond motifs is 1. The summed E-state index contributed by atoms with van der Waals surface area (Å²) in [6.07, 6.45) is 4.12. The smallest absolute Gasteiger partial charge is 0.250 e. The second kappa shape index (κ2) is 5.98. The van der Waals surface area contributed by atoms with Crippen molar-refractivity contribution in [1.29, 1.82) is 0 Å². The van der Waals surface area contributed by atoms with E-state index in [4.69, 9.17) is 4.74 Å². The number of hydrogen-bond donors (Lipinski definition) is 1. The van der Waals surface area contributed by atoms with Gasteiger partial charge in [-0.05, 0) is 11.6 Å². The molecule has 0 fully saturated rings. The van der Waals surface area contributed by atoms with Gasteiger partial charge in [-0.15, -0.1) is 0 Å². The van der Waals surface area contributed by atoms with Crippen molar-refractivity contribution in [2.45, 2.75) is 13.0 Å². The molecule has 102 valence electrons. The SMILES string of the molecule is O=C(C=Cc1ccccc1)Nc1nc2c(s1)COCC2. The molecule has 0 bridgehead atoms. The molecule has 1 aliphatic heterocycles. The third-order valence-corrected chi connectivity index (χ3v) is 3.94. The van der Waals surface area contributed by atoms with Crippen molar-refractivity contribution in [2.75, 3.05) is 11.9 Å². The Morgan fingerprint density at radius 1 is 1.35 bits per heavy atom. The van der Waals surface area contributed by atoms with Crippen LogP contribution in [-0.4, -0.2) is 17.5 Å². The molecule has 1 N–H and O–H groups in total. The lowest BCUT2D eigenvalue weighted by molar-refractivity contribution is -0.111. The van der Waals surface area contributed by atoms with E-state index in [1.165, 1.54) is 17.4 Å². The van der Waals surface area contributed by atoms with E-state index < -0.39 is 0 Å².